The second kappa shape index (κ2) is 9.15. The van der Waals surface area contributed by atoms with Crippen LogP contribution in [0.25, 0.3) is 0 Å². The molecule has 0 saturated carbocycles. The van der Waals surface area contributed by atoms with Crippen LogP contribution in [0, 0.1) is 5.82 Å². The molecule has 170 valence electrons. The third-order valence-corrected chi connectivity index (χ3v) is 6.14. The lowest BCUT2D eigenvalue weighted by Crippen LogP contribution is -2.40. The van der Waals surface area contributed by atoms with Gasteiger partial charge in [-0.1, -0.05) is 30.3 Å². The van der Waals surface area contributed by atoms with Crippen molar-refractivity contribution in [3.8, 4) is 5.88 Å². The van der Waals surface area contributed by atoms with Crippen LogP contribution in [0.2, 0.25) is 0 Å². The number of rotatable bonds is 5. The molecule has 8 heteroatoms. The van der Waals surface area contributed by atoms with E-state index in [-0.39, 0.29) is 35.9 Å². The summed E-state index contributed by atoms with van der Waals surface area (Å²) in [4.78, 5) is 26.1. The Morgan fingerprint density at radius 2 is 1.85 bits per heavy atom. The van der Waals surface area contributed by atoms with Crippen molar-refractivity contribution in [1.29, 1.82) is 0 Å². The monoisotopic (exact) mass is 448 g/mol. The van der Waals surface area contributed by atoms with Gasteiger partial charge in [-0.15, -0.1) is 0 Å². The van der Waals surface area contributed by atoms with Gasteiger partial charge in [-0.2, -0.15) is 4.98 Å². The van der Waals surface area contributed by atoms with Crippen LogP contribution >= 0.6 is 0 Å². The fourth-order valence-corrected chi connectivity index (χ4v) is 4.26. The van der Waals surface area contributed by atoms with Crippen molar-refractivity contribution >= 4 is 17.5 Å². The molecular weight excluding hydrogens is 423 g/mol. The zero-order valence-corrected chi connectivity index (χ0v) is 18.2. The number of hydrogen-bond donors (Lipinski definition) is 1. The van der Waals surface area contributed by atoms with Gasteiger partial charge in [0.2, 0.25) is 11.8 Å². The third kappa shape index (κ3) is 4.52. The average molecular weight is 448 g/mol. The molecular formula is C25H25FN4O3. The van der Waals surface area contributed by atoms with Crippen molar-refractivity contribution in [3.63, 3.8) is 0 Å². The summed E-state index contributed by atoms with van der Waals surface area (Å²) in [6.45, 7) is 1.83. The average Bonchev–Trinajstić information content (AvgIpc) is 3.28. The second-order valence-corrected chi connectivity index (χ2v) is 8.36. The first-order valence-corrected chi connectivity index (χ1v) is 11.2. The van der Waals surface area contributed by atoms with E-state index in [1.807, 2.05) is 23.1 Å². The SMILES string of the molecule is O=C(c1cnc(N2CCc3ccccc32)nc1OCc1ccc(F)cc1)N1CCC(O)CC1. The standard InChI is InChI=1S/C25H25FN4O3/c26-19-7-5-17(6-8-19)16-33-23-21(24(32)29-12-10-20(31)11-13-29)15-27-25(28-23)30-14-9-18-3-1-2-4-22(18)30/h1-8,15,20,31H,9-14,16H2. The summed E-state index contributed by atoms with van der Waals surface area (Å²) < 4.78 is 19.3. The highest BCUT2D eigenvalue weighted by molar-refractivity contribution is 5.96. The zero-order chi connectivity index (χ0) is 22.8. The molecule has 2 aliphatic heterocycles. The van der Waals surface area contributed by atoms with Crippen LogP contribution < -0.4 is 9.64 Å². The van der Waals surface area contributed by atoms with Gasteiger partial charge in [-0.3, -0.25) is 4.79 Å². The molecule has 0 unspecified atom stereocenters. The van der Waals surface area contributed by atoms with Crippen LogP contribution in [0.1, 0.15) is 34.3 Å². The van der Waals surface area contributed by atoms with Gasteiger partial charge in [0, 0.05) is 31.5 Å². The zero-order valence-electron chi connectivity index (χ0n) is 18.2. The van der Waals surface area contributed by atoms with Gasteiger partial charge in [-0.05, 0) is 48.6 Å². The van der Waals surface area contributed by atoms with E-state index in [1.165, 1.54) is 23.9 Å². The number of nitrogens with zero attached hydrogens (tertiary/aromatic N) is 4. The maximum atomic E-state index is 13.3. The molecule has 0 aliphatic carbocycles. The number of aliphatic hydroxyl groups is 1. The van der Waals surface area contributed by atoms with Crippen LogP contribution in [-0.4, -0.2) is 51.6 Å². The number of piperidine rings is 1. The maximum absolute atomic E-state index is 13.3. The number of para-hydroxylation sites is 1. The lowest BCUT2D eigenvalue weighted by molar-refractivity contribution is 0.0541. The first kappa shape index (κ1) is 21.3. The first-order chi connectivity index (χ1) is 16.1. The topological polar surface area (TPSA) is 78.8 Å². The number of anilines is 2. The van der Waals surface area contributed by atoms with Gasteiger partial charge in [0.25, 0.3) is 5.91 Å². The lowest BCUT2D eigenvalue weighted by Gasteiger charge is -2.30. The van der Waals surface area contributed by atoms with Gasteiger partial charge in [0.05, 0.1) is 6.10 Å². The number of likely N-dealkylation sites (tertiary alicyclic amines) is 1. The largest absolute Gasteiger partial charge is 0.472 e. The summed E-state index contributed by atoms with van der Waals surface area (Å²) in [5.74, 6) is 0.132. The molecule has 1 saturated heterocycles. The minimum Gasteiger partial charge on any atom is -0.472 e. The highest BCUT2D eigenvalue weighted by Gasteiger charge is 2.28. The summed E-state index contributed by atoms with van der Waals surface area (Å²) in [5.41, 5.74) is 3.32. The molecule has 0 atom stereocenters. The third-order valence-electron chi connectivity index (χ3n) is 6.14. The molecule has 1 N–H and O–H groups in total. The van der Waals surface area contributed by atoms with Crippen molar-refractivity contribution in [2.45, 2.75) is 32.0 Å². The quantitative estimate of drug-likeness (QED) is 0.644. The Labute approximate surface area is 191 Å². The number of aromatic nitrogens is 2. The van der Waals surface area contributed by atoms with Crippen molar-refractivity contribution in [1.82, 2.24) is 14.9 Å². The molecule has 0 spiro atoms. The van der Waals surface area contributed by atoms with E-state index in [1.54, 1.807) is 17.0 Å². The number of fused-ring (bicyclic) bond motifs is 1. The summed E-state index contributed by atoms with van der Waals surface area (Å²) in [5, 5.41) is 9.78. The number of carbonyl (C=O) groups is 1. The molecule has 1 amide bonds. The van der Waals surface area contributed by atoms with Crippen LogP contribution in [0.3, 0.4) is 0 Å². The van der Waals surface area contributed by atoms with E-state index in [0.717, 1.165) is 24.2 Å². The van der Waals surface area contributed by atoms with E-state index < -0.39 is 0 Å². The van der Waals surface area contributed by atoms with Crippen LogP contribution in [0.5, 0.6) is 5.88 Å². The second-order valence-electron chi connectivity index (χ2n) is 8.36. The van der Waals surface area contributed by atoms with Crippen LogP contribution in [0.4, 0.5) is 16.0 Å². The maximum Gasteiger partial charge on any atom is 0.260 e. The Morgan fingerprint density at radius 1 is 1.09 bits per heavy atom. The minimum absolute atomic E-state index is 0.145. The molecule has 0 radical (unpaired) electrons. The molecule has 2 aliphatic rings. The predicted molar refractivity (Wildman–Crippen MR) is 121 cm³/mol. The number of benzene rings is 2. The fraction of sp³-hybridized carbons (Fsp3) is 0.320. The normalized spacial score (nSPS) is 16.1. The number of ether oxygens (including phenoxy) is 1. The van der Waals surface area contributed by atoms with E-state index in [2.05, 4.69) is 16.0 Å². The summed E-state index contributed by atoms with van der Waals surface area (Å²) in [7, 11) is 0. The van der Waals surface area contributed by atoms with E-state index in [9.17, 15) is 14.3 Å². The predicted octanol–water partition coefficient (Wildman–Crippen LogP) is 3.49. The molecule has 0 bridgehead atoms. The van der Waals surface area contributed by atoms with Gasteiger partial charge in [-0.25, -0.2) is 9.37 Å². The summed E-state index contributed by atoms with van der Waals surface area (Å²) >= 11 is 0. The molecule has 3 aromatic rings. The number of carbonyl (C=O) groups excluding carboxylic acids is 1. The molecule has 3 heterocycles. The smallest absolute Gasteiger partial charge is 0.260 e. The van der Waals surface area contributed by atoms with Crippen molar-refractivity contribution in [2.75, 3.05) is 24.5 Å². The first-order valence-electron chi connectivity index (χ1n) is 11.2. The molecule has 2 aromatic carbocycles. The molecule has 33 heavy (non-hydrogen) atoms. The molecule has 1 aromatic heterocycles. The summed E-state index contributed by atoms with van der Waals surface area (Å²) in [6, 6.07) is 14.1. The number of amides is 1. The Bertz CT molecular complexity index is 1150. The van der Waals surface area contributed by atoms with Gasteiger partial charge in [0.1, 0.15) is 18.0 Å². The van der Waals surface area contributed by atoms with Crippen LogP contribution in [-0.2, 0) is 13.0 Å². The van der Waals surface area contributed by atoms with Gasteiger partial charge >= 0.3 is 0 Å². The van der Waals surface area contributed by atoms with E-state index >= 15 is 0 Å². The molecule has 1 fully saturated rings. The number of halogens is 1. The summed E-state index contributed by atoms with van der Waals surface area (Å²) in [6.07, 6.45) is 3.12. The Kier molecular flexibility index (Phi) is 5.92. The Morgan fingerprint density at radius 3 is 2.64 bits per heavy atom. The van der Waals surface area contributed by atoms with Crippen molar-refractivity contribution < 1.29 is 19.0 Å². The highest BCUT2D eigenvalue weighted by atomic mass is 19.1. The van der Waals surface area contributed by atoms with E-state index in [4.69, 9.17) is 4.74 Å². The number of hydrogen-bond acceptors (Lipinski definition) is 6. The Balaban J connectivity index is 1.44. The van der Waals surface area contributed by atoms with Crippen molar-refractivity contribution in [2.24, 2.45) is 0 Å². The van der Waals surface area contributed by atoms with Crippen LogP contribution in [0.15, 0.2) is 54.7 Å². The minimum atomic E-state index is -0.378. The Hall–Kier alpha value is -3.52. The van der Waals surface area contributed by atoms with Gasteiger partial charge < -0.3 is 19.6 Å². The number of aliphatic hydroxyl groups excluding tert-OH is 1. The lowest BCUT2D eigenvalue weighted by atomic mass is 10.1. The van der Waals surface area contributed by atoms with E-state index in [0.29, 0.717) is 31.9 Å². The van der Waals surface area contributed by atoms with Gasteiger partial charge in [0.15, 0.2) is 0 Å². The molecule has 5 rings (SSSR count). The fourth-order valence-electron chi connectivity index (χ4n) is 4.26. The highest BCUT2D eigenvalue weighted by Crippen LogP contribution is 2.33. The van der Waals surface area contributed by atoms with Crippen molar-refractivity contribution in [3.05, 3.63) is 77.2 Å². The molecule has 7 nitrogen and oxygen atoms in total.